The van der Waals surface area contributed by atoms with Gasteiger partial charge in [0.25, 0.3) is 5.91 Å². The third-order valence-electron chi connectivity index (χ3n) is 6.73. The quantitative estimate of drug-likeness (QED) is 0.305. The van der Waals surface area contributed by atoms with Gasteiger partial charge in [0.05, 0.1) is 17.3 Å². The van der Waals surface area contributed by atoms with Crippen molar-refractivity contribution in [1.29, 1.82) is 0 Å². The molecule has 0 unspecified atom stereocenters. The van der Waals surface area contributed by atoms with E-state index in [4.69, 9.17) is 10.7 Å². The second-order valence-electron chi connectivity index (χ2n) is 9.50. The number of aromatic nitrogens is 5. The van der Waals surface area contributed by atoms with Gasteiger partial charge in [-0.25, -0.2) is 14.5 Å². The minimum absolute atomic E-state index is 0.133. The lowest BCUT2D eigenvalue weighted by atomic mass is 9.97. The SMILES string of the molecule is C[C@@H](NC(=O)c1c(N)nn2cccnc12)c1cc2cccc(/C=C\c3ccn(C)c3)c2nc1-c1ccccc1. The van der Waals surface area contributed by atoms with Gasteiger partial charge in [-0.15, -0.1) is 5.10 Å². The van der Waals surface area contributed by atoms with Gasteiger partial charge in [-0.1, -0.05) is 60.7 Å². The van der Waals surface area contributed by atoms with E-state index >= 15 is 0 Å². The summed E-state index contributed by atoms with van der Waals surface area (Å²) in [5.74, 6) is -0.208. The Balaban J connectivity index is 1.42. The Morgan fingerprint density at radius 2 is 1.87 bits per heavy atom. The molecule has 8 nitrogen and oxygen atoms in total. The van der Waals surface area contributed by atoms with Gasteiger partial charge in [0.15, 0.2) is 11.5 Å². The van der Waals surface area contributed by atoms with Crippen molar-refractivity contribution in [3.8, 4) is 11.3 Å². The minimum atomic E-state index is -0.369. The molecule has 4 aromatic heterocycles. The molecule has 0 aliphatic carbocycles. The molecule has 0 spiro atoms. The van der Waals surface area contributed by atoms with Crippen LogP contribution in [-0.2, 0) is 7.05 Å². The summed E-state index contributed by atoms with van der Waals surface area (Å²) in [5, 5.41) is 8.31. The van der Waals surface area contributed by atoms with Gasteiger partial charge in [-0.05, 0) is 30.7 Å². The molecule has 6 aromatic rings. The van der Waals surface area contributed by atoms with Crippen LogP contribution in [0.15, 0.2) is 91.5 Å². The number of para-hydroxylation sites is 1. The largest absolute Gasteiger partial charge is 0.381 e. The number of nitrogen functional groups attached to an aromatic ring is 1. The molecule has 0 radical (unpaired) electrons. The topological polar surface area (TPSA) is 103 Å². The molecule has 1 amide bonds. The molecule has 0 saturated carbocycles. The number of amides is 1. The molecule has 0 aliphatic rings. The molecule has 0 aliphatic heterocycles. The second kappa shape index (κ2) is 9.90. The fourth-order valence-corrected chi connectivity index (χ4v) is 4.81. The van der Waals surface area contributed by atoms with E-state index in [1.807, 2.05) is 67.2 Å². The molecule has 3 N–H and O–H groups in total. The van der Waals surface area contributed by atoms with Crippen LogP contribution in [0.5, 0.6) is 0 Å². The van der Waals surface area contributed by atoms with Crippen LogP contribution < -0.4 is 11.1 Å². The van der Waals surface area contributed by atoms with Crippen molar-refractivity contribution < 1.29 is 4.79 Å². The molecule has 8 heteroatoms. The number of anilines is 1. The van der Waals surface area contributed by atoms with Crippen molar-refractivity contribution in [3.05, 3.63) is 114 Å². The van der Waals surface area contributed by atoms with Gasteiger partial charge in [0.1, 0.15) is 5.56 Å². The van der Waals surface area contributed by atoms with Crippen molar-refractivity contribution in [2.45, 2.75) is 13.0 Å². The maximum Gasteiger partial charge on any atom is 0.259 e. The molecule has 0 bridgehead atoms. The first-order valence-electron chi connectivity index (χ1n) is 12.7. The van der Waals surface area contributed by atoms with E-state index in [9.17, 15) is 4.79 Å². The van der Waals surface area contributed by atoms with Crippen LogP contribution in [0.2, 0.25) is 0 Å². The van der Waals surface area contributed by atoms with Crippen molar-refractivity contribution in [2.75, 3.05) is 5.73 Å². The summed E-state index contributed by atoms with van der Waals surface area (Å²) >= 11 is 0. The molecule has 4 heterocycles. The van der Waals surface area contributed by atoms with E-state index in [-0.39, 0.29) is 23.3 Å². The normalized spacial score (nSPS) is 12.4. The highest BCUT2D eigenvalue weighted by Crippen LogP contribution is 2.32. The van der Waals surface area contributed by atoms with E-state index in [0.717, 1.165) is 38.9 Å². The van der Waals surface area contributed by atoms with Crippen LogP contribution in [0.25, 0.3) is 40.0 Å². The maximum atomic E-state index is 13.4. The van der Waals surface area contributed by atoms with Crippen molar-refractivity contribution in [2.24, 2.45) is 7.05 Å². The zero-order valence-electron chi connectivity index (χ0n) is 21.6. The molecular formula is C31H27N7O. The Bertz CT molecular complexity index is 1850. The molecule has 1 atom stereocenters. The summed E-state index contributed by atoms with van der Waals surface area (Å²) in [6.07, 6.45) is 11.6. The van der Waals surface area contributed by atoms with Gasteiger partial charge < -0.3 is 15.6 Å². The van der Waals surface area contributed by atoms with Crippen LogP contribution in [0, 0.1) is 0 Å². The van der Waals surface area contributed by atoms with E-state index in [0.29, 0.717) is 5.65 Å². The second-order valence-corrected chi connectivity index (χ2v) is 9.50. The monoisotopic (exact) mass is 513 g/mol. The fraction of sp³-hybridized carbons (Fsp3) is 0.0968. The lowest BCUT2D eigenvalue weighted by molar-refractivity contribution is 0.0942. The van der Waals surface area contributed by atoms with Gasteiger partial charge in [0.2, 0.25) is 0 Å². The van der Waals surface area contributed by atoms with Gasteiger partial charge in [-0.2, -0.15) is 0 Å². The first kappa shape index (κ1) is 24.1. The van der Waals surface area contributed by atoms with Crippen molar-refractivity contribution in [1.82, 2.24) is 29.5 Å². The van der Waals surface area contributed by atoms with Gasteiger partial charge >= 0.3 is 0 Å². The fourth-order valence-electron chi connectivity index (χ4n) is 4.81. The Morgan fingerprint density at radius 1 is 1.03 bits per heavy atom. The molecule has 6 rings (SSSR count). The standard InChI is InChI=1S/C31H27N7O/c1-20(34-31(39)26-29(32)36-38-16-7-15-33-30(26)38)25-18-24-11-6-10-23(13-12-21-14-17-37(2)19-21)27(24)35-28(25)22-8-4-3-5-9-22/h3-20H,1-2H3,(H2,32,36)(H,34,39)/b13-12-/t20-/m1/s1. The predicted molar refractivity (Wildman–Crippen MR) is 155 cm³/mol. The highest BCUT2D eigenvalue weighted by atomic mass is 16.1. The first-order chi connectivity index (χ1) is 19.0. The number of rotatable bonds is 6. The minimum Gasteiger partial charge on any atom is -0.381 e. The molecular weight excluding hydrogens is 486 g/mol. The number of benzene rings is 2. The average molecular weight is 514 g/mol. The summed E-state index contributed by atoms with van der Waals surface area (Å²) in [6, 6.07) is 21.7. The van der Waals surface area contributed by atoms with Crippen molar-refractivity contribution in [3.63, 3.8) is 0 Å². The molecule has 0 fully saturated rings. The predicted octanol–water partition coefficient (Wildman–Crippen LogP) is 5.53. The first-order valence-corrected chi connectivity index (χ1v) is 12.7. The zero-order chi connectivity index (χ0) is 26.9. The van der Waals surface area contributed by atoms with E-state index < -0.39 is 0 Å². The summed E-state index contributed by atoms with van der Waals surface area (Å²) in [5.41, 5.74) is 12.5. The number of carbonyl (C=O) groups excluding carboxylic acids is 1. The van der Waals surface area contributed by atoms with E-state index in [1.165, 1.54) is 4.52 Å². The highest BCUT2D eigenvalue weighted by Gasteiger charge is 2.23. The number of nitrogens with zero attached hydrogens (tertiary/aromatic N) is 5. The number of fused-ring (bicyclic) bond motifs is 2. The van der Waals surface area contributed by atoms with Gasteiger partial charge in [0, 0.05) is 53.9 Å². The smallest absolute Gasteiger partial charge is 0.259 e. The molecule has 2 aromatic carbocycles. The number of hydrogen-bond donors (Lipinski definition) is 2. The number of pyridine rings is 1. The molecule has 0 saturated heterocycles. The molecule has 192 valence electrons. The number of nitrogens with one attached hydrogen (secondary N) is 1. The Morgan fingerprint density at radius 3 is 2.67 bits per heavy atom. The van der Waals surface area contributed by atoms with Crippen LogP contribution in [0.1, 0.15) is 40.0 Å². The number of aryl methyl sites for hydroxylation is 1. The van der Waals surface area contributed by atoms with Crippen molar-refractivity contribution >= 4 is 40.4 Å². The summed E-state index contributed by atoms with van der Waals surface area (Å²) in [6.45, 7) is 1.95. The van der Waals surface area contributed by atoms with E-state index in [1.54, 1.807) is 18.5 Å². The zero-order valence-corrected chi connectivity index (χ0v) is 21.6. The van der Waals surface area contributed by atoms with Crippen LogP contribution in [-0.4, -0.2) is 30.1 Å². The van der Waals surface area contributed by atoms with Crippen LogP contribution in [0.4, 0.5) is 5.82 Å². The Kier molecular flexibility index (Phi) is 6.13. The lowest BCUT2D eigenvalue weighted by Gasteiger charge is -2.19. The third kappa shape index (κ3) is 4.64. The third-order valence-corrected chi connectivity index (χ3v) is 6.73. The van der Waals surface area contributed by atoms with E-state index in [2.05, 4.69) is 51.9 Å². The lowest BCUT2D eigenvalue weighted by Crippen LogP contribution is -2.28. The Hall–Kier alpha value is -5.24. The summed E-state index contributed by atoms with van der Waals surface area (Å²) in [7, 11) is 2.00. The Labute approximate surface area is 225 Å². The average Bonchev–Trinajstić information content (AvgIpc) is 3.52. The van der Waals surface area contributed by atoms with Crippen LogP contribution in [0.3, 0.4) is 0 Å². The highest BCUT2D eigenvalue weighted by molar-refractivity contribution is 6.04. The number of carbonyl (C=O) groups is 1. The summed E-state index contributed by atoms with van der Waals surface area (Å²) < 4.78 is 3.53. The van der Waals surface area contributed by atoms with Crippen LogP contribution >= 0.6 is 0 Å². The molecule has 39 heavy (non-hydrogen) atoms. The number of nitrogens with two attached hydrogens (primary N) is 1. The summed E-state index contributed by atoms with van der Waals surface area (Å²) in [4.78, 5) is 22.9. The maximum absolute atomic E-state index is 13.4. The van der Waals surface area contributed by atoms with Gasteiger partial charge in [-0.3, -0.25) is 4.79 Å². The number of hydrogen-bond acceptors (Lipinski definition) is 5.